The van der Waals surface area contributed by atoms with Crippen LogP contribution in [0, 0.1) is 3.57 Å². The Hall–Kier alpha value is -0.600. The highest BCUT2D eigenvalue weighted by atomic mass is 127. The molecule has 0 fully saturated rings. The van der Waals surface area contributed by atoms with Crippen LogP contribution in [0.4, 0.5) is 19.0 Å². The zero-order valence-electron chi connectivity index (χ0n) is 6.98. The lowest BCUT2D eigenvalue weighted by atomic mass is 10.3. The lowest BCUT2D eigenvalue weighted by Crippen LogP contribution is -2.11. The van der Waals surface area contributed by atoms with Gasteiger partial charge in [0.1, 0.15) is 11.6 Å². The van der Waals surface area contributed by atoms with Gasteiger partial charge in [0.2, 0.25) is 0 Å². The summed E-state index contributed by atoms with van der Waals surface area (Å²) in [6, 6.07) is 0. The molecule has 0 unspecified atom stereocenters. The summed E-state index contributed by atoms with van der Waals surface area (Å²) in [4.78, 5) is 7.48. The van der Waals surface area contributed by atoms with Crippen molar-refractivity contribution in [3.63, 3.8) is 0 Å². The number of nitrogens with two attached hydrogens (primary N) is 1. The van der Waals surface area contributed by atoms with Crippen LogP contribution in [0.25, 0.3) is 0 Å². The van der Waals surface area contributed by atoms with Gasteiger partial charge in [-0.3, -0.25) is 0 Å². The molecule has 0 aliphatic heterocycles. The number of nitrogen functional groups attached to an aromatic ring is 1. The van der Waals surface area contributed by atoms with E-state index in [1.165, 1.54) is 6.20 Å². The van der Waals surface area contributed by atoms with E-state index in [4.69, 9.17) is 5.73 Å². The molecule has 14 heavy (non-hydrogen) atoms. The minimum Gasteiger partial charge on any atom is -0.383 e. The summed E-state index contributed by atoms with van der Waals surface area (Å²) in [5, 5.41) is 0. The van der Waals surface area contributed by atoms with Crippen molar-refractivity contribution in [2.75, 3.05) is 5.73 Å². The van der Waals surface area contributed by atoms with Gasteiger partial charge in [-0.25, -0.2) is 9.97 Å². The molecule has 1 rings (SSSR count). The van der Waals surface area contributed by atoms with Crippen molar-refractivity contribution in [2.24, 2.45) is 0 Å². The van der Waals surface area contributed by atoms with Crippen molar-refractivity contribution < 1.29 is 13.2 Å². The Kier molecular flexibility index (Phi) is 3.51. The van der Waals surface area contributed by atoms with Crippen LogP contribution < -0.4 is 5.73 Å². The van der Waals surface area contributed by atoms with Crippen molar-refractivity contribution in [3.8, 4) is 0 Å². The van der Waals surface area contributed by atoms with Crippen LogP contribution in [0.15, 0.2) is 6.20 Å². The van der Waals surface area contributed by atoms with E-state index in [9.17, 15) is 13.2 Å². The molecule has 0 aromatic carbocycles. The number of anilines is 1. The summed E-state index contributed by atoms with van der Waals surface area (Å²) in [7, 11) is 0. The molecule has 0 atom stereocenters. The smallest absolute Gasteiger partial charge is 0.383 e. The van der Waals surface area contributed by atoms with Crippen LogP contribution in [0.3, 0.4) is 0 Å². The third kappa shape index (κ3) is 3.64. The second-order valence-corrected chi connectivity index (χ2v) is 3.80. The highest BCUT2D eigenvalue weighted by Crippen LogP contribution is 2.21. The maximum Gasteiger partial charge on any atom is 0.389 e. The first-order valence-corrected chi connectivity index (χ1v) is 4.80. The van der Waals surface area contributed by atoms with Crippen LogP contribution in [-0.4, -0.2) is 16.1 Å². The summed E-state index contributed by atoms with van der Waals surface area (Å²) >= 11 is 1.91. The average Bonchev–Trinajstić information content (AvgIpc) is 2.06. The molecule has 7 heteroatoms. The van der Waals surface area contributed by atoms with Gasteiger partial charge in [0, 0.05) is 12.6 Å². The highest BCUT2D eigenvalue weighted by Gasteiger charge is 2.27. The van der Waals surface area contributed by atoms with Crippen LogP contribution >= 0.6 is 22.6 Å². The Labute approximate surface area is 92.1 Å². The van der Waals surface area contributed by atoms with E-state index in [1.54, 1.807) is 0 Å². The van der Waals surface area contributed by atoms with Gasteiger partial charge in [0.15, 0.2) is 0 Å². The largest absolute Gasteiger partial charge is 0.389 e. The van der Waals surface area contributed by atoms with E-state index in [0.717, 1.165) is 0 Å². The summed E-state index contributed by atoms with van der Waals surface area (Å²) in [6.07, 6.45) is -3.92. The van der Waals surface area contributed by atoms with Crippen molar-refractivity contribution in [1.29, 1.82) is 0 Å². The van der Waals surface area contributed by atoms with E-state index >= 15 is 0 Å². The maximum atomic E-state index is 11.8. The molecular formula is C7H7F3IN3. The van der Waals surface area contributed by atoms with Gasteiger partial charge in [0.25, 0.3) is 0 Å². The van der Waals surface area contributed by atoms with Crippen molar-refractivity contribution in [1.82, 2.24) is 9.97 Å². The number of hydrogen-bond donors (Lipinski definition) is 1. The first-order valence-electron chi connectivity index (χ1n) is 3.72. The van der Waals surface area contributed by atoms with E-state index < -0.39 is 12.6 Å². The molecule has 78 valence electrons. The number of nitrogens with zero attached hydrogens (tertiary/aromatic N) is 2. The van der Waals surface area contributed by atoms with Crippen LogP contribution in [0.1, 0.15) is 12.2 Å². The molecule has 0 saturated carbocycles. The number of alkyl halides is 3. The highest BCUT2D eigenvalue weighted by molar-refractivity contribution is 14.1. The Morgan fingerprint density at radius 2 is 2.07 bits per heavy atom. The normalized spacial score (nSPS) is 11.7. The average molecular weight is 317 g/mol. The van der Waals surface area contributed by atoms with E-state index in [0.29, 0.717) is 3.57 Å². The van der Waals surface area contributed by atoms with Crippen LogP contribution in [-0.2, 0) is 6.42 Å². The number of aryl methyl sites for hydroxylation is 1. The summed E-state index contributed by atoms with van der Waals surface area (Å²) in [5.41, 5.74) is 5.42. The third-order valence-corrected chi connectivity index (χ3v) is 2.28. The molecule has 2 N–H and O–H groups in total. The lowest BCUT2D eigenvalue weighted by Gasteiger charge is -2.05. The van der Waals surface area contributed by atoms with Gasteiger partial charge >= 0.3 is 6.18 Å². The van der Waals surface area contributed by atoms with Crippen molar-refractivity contribution >= 4 is 28.4 Å². The lowest BCUT2D eigenvalue weighted by molar-refractivity contribution is -0.134. The monoisotopic (exact) mass is 317 g/mol. The second kappa shape index (κ2) is 4.28. The molecule has 1 aromatic rings. The predicted molar refractivity (Wildman–Crippen MR) is 53.5 cm³/mol. The molecule has 0 aliphatic carbocycles. The van der Waals surface area contributed by atoms with Gasteiger partial charge in [0.05, 0.1) is 9.99 Å². The molecular weight excluding hydrogens is 310 g/mol. The van der Waals surface area contributed by atoms with Gasteiger partial charge < -0.3 is 5.73 Å². The molecule has 0 aliphatic rings. The molecule has 0 amide bonds. The summed E-state index contributed by atoms with van der Waals surface area (Å²) in [6.45, 7) is 0. The fraction of sp³-hybridized carbons (Fsp3) is 0.429. The fourth-order valence-corrected chi connectivity index (χ4v) is 1.05. The Morgan fingerprint density at radius 3 is 2.57 bits per heavy atom. The maximum absolute atomic E-state index is 11.8. The predicted octanol–water partition coefficient (Wildman–Crippen LogP) is 2.16. The number of aromatic nitrogens is 2. The van der Waals surface area contributed by atoms with E-state index in [-0.39, 0.29) is 18.1 Å². The Bertz CT molecular complexity index is 326. The van der Waals surface area contributed by atoms with Crippen LogP contribution in [0.2, 0.25) is 0 Å². The minimum atomic E-state index is -4.18. The Morgan fingerprint density at radius 1 is 1.43 bits per heavy atom. The molecule has 1 aromatic heterocycles. The molecule has 0 bridgehead atoms. The fourth-order valence-electron chi connectivity index (χ4n) is 0.793. The summed E-state index contributed by atoms with van der Waals surface area (Å²) < 4.78 is 36.1. The SMILES string of the molecule is Nc1nc(CCC(F)(F)F)ncc1I. The van der Waals surface area contributed by atoms with Gasteiger partial charge in [-0.1, -0.05) is 0 Å². The zero-order chi connectivity index (χ0) is 10.8. The first-order chi connectivity index (χ1) is 6.38. The molecule has 0 saturated heterocycles. The van der Waals surface area contributed by atoms with Crippen molar-refractivity contribution in [3.05, 3.63) is 15.6 Å². The number of rotatable bonds is 2. The van der Waals surface area contributed by atoms with Gasteiger partial charge in [-0.15, -0.1) is 0 Å². The zero-order valence-corrected chi connectivity index (χ0v) is 9.13. The Balaban J connectivity index is 2.65. The summed E-state index contributed by atoms with van der Waals surface area (Å²) in [5.74, 6) is 0.345. The first kappa shape index (κ1) is 11.5. The molecule has 1 heterocycles. The number of halogens is 4. The topological polar surface area (TPSA) is 51.8 Å². The molecule has 0 radical (unpaired) electrons. The van der Waals surface area contributed by atoms with Gasteiger partial charge in [-0.05, 0) is 22.6 Å². The van der Waals surface area contributed by atoms with E-state index in [2.05, 4.69) is 9.97 Å². The third-order valence-electron chi connectivity index (χ3n) is 1.45. The van der Waals surface area contributed by atoms with E-state index in [1.807, 2.05) is 22.6 Å². The van der Waals surface area contributed by atoms with Crippen molar-refractivity contribution in [2.45, 2.75) is 19.0 Å². The van der Waals surface area contributed by atoms with Crippen LogP contribution in [0.5, 0.6) is 0 Å². The number of hydrogen-bond acceptors (Lipinski definition) is 3. The molecule has 3 nitrogen and oxygen atoms in total. The molecule has 0 spiro atoms. The quantitative estimate of drug-likeness (QED) is 0.851. The minimum absolute atomic E-state index is 0.125. The standard InChI is InChI=1S/C7H7F3IN3/c8-7(9,10)2-1-5-13-3-4(11)6(12)14-5/h3H,1-2H2,(H2,12,13,14). The van der Waals surface area contributed by atoms with Gasteiger partial charge in [-0.2, -0.15) is 13.2 Å². The second-order valence-electron chi connectivity index (χ2n) is 2.63.